The molecule has 1 atom stereocenters. The zero-order valence-corrected chi connectivity index (χ0v) is 17.9. The highest BCUT2D eigenvalue weighted by Crippen LogP contribution is 2.33. The van der Waals surface area contributed by atoms with E-state index in [4.69, 9.17) is 5.73 Å². The molecule has 0 radical (unpaired) electrons. The van der Waals surface area contributed by atoms with Gasteiger partial charge >= 0.3 is 11.5 Å². The van der Waals surface area contributed by atoms with Crippen molar-refractivity contribution in [2.45, 2.75) is 29.9 Å². The van der Waals surface area contributed by atoms with Crippen molar-refractivity contribution in [2.24, 2.45) is 0 Å². The van der Waals surface area contributed by atoms with Crippen LogP contribution in [0, 0.1) is 0 Å². The number of imide groups is 1. The zero-order chi connectivity index (χ0) is 24.1. The number of urea groups is 1. The molecule has 33 heavy (non-hydrogen) atoms. The maximum absolute atomic E-state index is 13.1. The summed E-state index contributed by atoms with van der Waals surface area (Å²) in [5.74, 6) is -0.608. The van der Waals surface area contributed by atoms with Crippen LogP contribution in [0.5, 0.6) is 0 Å². The second kappa shape index (κ2) is 7.73. The van der Waals surface area contributed by atoms with Crippen LogP contribution in [-0.4, -0.2) is 41.8 Å². The Hall–Kier alpha value is -3.67. The van der Waals surface area contributed by atoms with Gasteiger partial charge in [0.2, 0.25) is 0 Å². The maximum Gasteiger partial charge on any atom is 0.501 e. The first-order valence-electron chi connectivity index (χ1n) is 9.61. The molecule has 1 aliphatic heterocycles. The average molecular weight is 478 g/mol. The monoisotopic (exact) mass is 478 g/mol. The fourth-order valence-corrected chi connectivity index (χ4v) is 4.38. The van der Waals surface area contributed by atoms with E-state index in [1.54, 1.807) is 24.3 Å². The predicted octanol–water partition coefficient (Wildman–Crippen LogP) is 3.47. The number of nitrogens with zero attached hydrogens (tertiary/aromatic N) is 3. The summed E-state index contributed by atoms with van der Waals surface area (Å²) in [7, 11) is -5.55. The van der Waals surface area contributed by atoms with Gasteiger partial charge in [0, 0.05) is 10.9 Å². The third kappa shape index (κ3) is 3.65. The molecule has 0 bridgehead atoms. The number of alkyl halides is 3. The molecule has 172 valence electrons. The van der Waals surface area contributed by atoms with E-state index >= 15 is 0 Å². The van der Waals surface area contributed by atoms with Crippen molar-refractivity contribution in [3.05, 3.63) is 60.3 Å². The Morgan fingerprint density at radius 3 is 2.33 bits per heavy atom. The summed E-state index contributed by atoms with van der Waals surface area (Å²) in [5.41, 5.74) is 2.16. The Morgan fingerprint density at radius 2 is 1.70 bits per heavy atom. The number of rotatable bonds is 4. The van der Waals surface area contributed by atoms with Crippen LogP contribution in [0.25, 0.3) is 10.9 Å². The predicted molar refractivity (Wildman–Crippen MR) is 114 cm³/mol. The van der Waals surface area contributed by atoms with E-state index in [9.17, 15) is 31.2 Å². The van der Waals surface area contributed by atoms with Crippen molar-refractivity contribution in [3.63, 3.8) is 0 Å². The molecule has 4 rings (SSSR count). The minimum atomic E-state index is -5.55. The number of anilines is 2. The zero-order valence-electron chi connectivity index (χ0n) is 17.1. The first-order chi connectivity index (χ1) is 15.4. The number of aromatic nitrogens is 1. The Morgan fingerprint density at radius 1 is 1.06 bits per heavy atom. The van der Waals surface area contributed by atoms with Crippen molar-refractivity contribution in [1.29, 1.82) is 0 Å². The number of hydrogen-bond donors (Lipinski definition) is 1. The number of carbonyl (C=O) groups is 2. The second-order valence-electron chi connectivity index (χ2n) is 7.41. The number of benzene rings is 2. The Balaban J connectivity index is 1.66. The summed E-state index contributed by atoms with van der Waals surface area (Å²) in [4.78, 5) is 31.3. The molecule has 12 heteroatoms. The van der Waals surface area contributed by atoms with Gasteiger partial charge in [0.05, 0.1) is 34.5 Å². The van der Waals surface area contributed by atoms with E-state index in [2.05, 4.69) is 4.98 Å². The van der Waals surface area contributed by atoms with Gasteiger partial charge in [-0.15, -0.1) is 0 Å². The van der Waals surface area contributed by atoms with E-state index in [1.807, 2.05) is 0 Å². The molecule has 1 aliphatic rings. The van der Waals surface area contributed by atoms with Crippen molar-refractivity contribution >= 4 is 44.1 Å². The molecule has 1 aromatic heterocycles. The summed E-state index contributed by atoms with van der Waals surface area (Å²) in [6.07, 6.45) is 1.46. The van der Waals surface area contributed by atoms with Crippen LogP contribution in [0.1, 0.15) is 12.5 Å². The number of nitrogen functional groups attached to an aromatic ring is 1. The summed E-state index contributed by atoms with van der Waals surface area (Å²) >= 11 is 0. The fraction of sp³-hybridized carbons (Fsp3) is 0.190. The van der Waals surface area contributed by atoms with Crippen LogP contribution >= 0.6 is 0 Å². The van der Waals surface area contributed by atoms with Crippen LogP contribution in [0.4, 0.5) is 29.3 Å². The maximum atomic E-state index is 13.1. The van der Waals surface area contributed by atoms with Crippen molar-refractivity contribution in [1.82, 2.24) is 9.88 Å². The molecule has 1 fully saturated rings. The number of para-hydroxylation sites is 1. The molecule has 2 N–H and O–H groups in total. The normalized spacial score (nSPS) is 17.3. The SMILES string of the molecule is CC1C(=O)N(c2ccc(S(=O)(=O)C(F)(F)F)cc2)C(=O)N1Cc1c(N)cnc2ccccc12. The van der Waals surface area contributed by atoms with Gasteiger partial charge in [-0.1, -0.05) is 18.2 Å². The van der Waals surface area contributed by atoms with Crippen molar-refractivity contribution in [3.8, 4) is 0 Å². The molecule has 8 nitrogen and oxygen atoms in total. The highest BCUT2D eigenvalue weighted by atomic mass is 32.2. The van der Waals surface area contributed by atoms with Gasteiger partial charge in [-0.25, -0.2) is 18.1 Å². The molecule has 2 aromatic carbocycles. The number of nitrogens with two attached hydrogens (primary N) is 1. The molecule has 2 heterocycles. The van der Waals surface area contributed by atoms with Crippen LogP contribution in [0.2, 0.25) is 0 Å². The third-order valence-electron chi connectivity index (χ3n) is 5.44. The number of pyridine rings is 1. The van der Waals surface area contributed by atoms with Crippen LogP contribution in [0.15, 0.2) is 59.6 Å². The lowest BCUT2D eigenvalue weighted by atomic mass is 10.1. The molecule has 1 unspecified atom stereocenters. The molecule has 0 aliphatic carbocycles. The third-order valence-corrected chi connectivity index (χ3v) is 6.94. The van der Waals surface area contributed by atoms with Gasteiger partial charge in [0.25, 0.3) is 15.7 Å². The van der Waals surface area contributed by atoms with E-state index < -0.39 is 38.2 Å². The summed E-state index contributed by atoms with van der Waals surface area (Å²) < 4.78 is 61.4. The average Bonchev–Trinajstić information content (AvgIpc) is 2.98. The first kappa shape index (κ1) is 22.5. The van der Waals surface area contributed by atoms with Gasteiger partial charge in [0.15, 0.2) is 0 Å². The molecule has 3 amide bonds. The van der Waals surface area contributed by atoms with Crippen LogP contribution in [0.3, 0.4) is 0 Å². The van der Waals surface area contributed by atoms with Crippen LogP contribution in [-0.2, 0) is 21.2 Å². The van der Waals surface area contributed by atoms with E-state index in [-0.39, 0.29) is 12.2 Å². The summed E-state index contributed by atoms with van der Waals surface area (Å²) in [5, 5.41) is 0.713. The Bertz CT molecular complexity index is 1370. The lowest BCUT2D eigenvalue weighted by Gasteiger charge is -2.21. The minimum Gasteiger partial charge on any atom is -0.397 e. The molecule has 0 spiro atoms. The second-order valence-corrected chi connectivity index (χ2v) is 9.35. The van der Waals surface area contributed by atoms with Gasteiger partial charge in [0.1, 0.15) is 6.04 Å². The number of sulfone groups is 1. The molecule has 0 saturated carbocycles. The van der Waals surface area contributed by atoms with Gasteiger partial charge < -0.3 is 10.6 Å². The van der Waals surface area contributed by atoms with Crippen LogP contribution < -0.4 is 10.6 Å². The smallest absolute Gasteiger partial charge is 0.397 e. The number of amides is 3. The standard InChI is InChI=1S/C21H17F3N4O4S/c1-12-19(29)28(13-6-8-14(9-7-13)33(31,32)21(22,23)24)20(30)27(12)11-16-15-4-2-3-5-18(15)26-10-17(16)25/h2-10,12H,11,25H2,1H3. The molecular formula is C21H17F3N4O4S. The summed E-state index contributed by atoms with van der Waals surface area (Å²) in [6, 6.07) is 8.95. The van der Waals surface area contributed by atoms with E-state index in [0.717, 1.165) is 17.0 Å². The summed E-state index contributed by atoms with van der Waals surface area (Å²) in [6.45, 7) is 1.51. The minimum absolute atomic E-state index is 0.00234. The number of fused-ring (bicyclic) bond motifs is 1. The highest BCUT2D eigenvalue weighted by Gasteiger charge is 2.47. The van der Waals surface area contributed by atoms with Crippen molar-refractivity contribution < 1.29 is 31.2 Å². The Labute approximate surface area is 186 Å². The highest BCUT2D eigenvalue weighted by molar-refractivity contribution is 7.92. The molecule has 3 aromatic rings. The number of halogens is 3. The van der Waals surface area contributed by atoms with E-state index in [1.165, 1.54) is 18.0 Å². The quantitative estimate of drug-likeness (QED) is 0.575. The Kier molecular flexibility index (Phi) is 5.27. The fourth-order valence-electron chi connectivity index (χ4n) is 3.62. The van der Waals surface area contributed by atoms with E-state index in [0.29, 0.717) is 34.3 Å². The van der Waals surface area contributed by atoms with Gasteiger partial charge in [-0.05, 0) is 37.3 Å². The first-order valence-corrected chi connectivity index (χ1v) is 11.1. The molecule has 1 saturated heterocycles. The topological polar surface area (TPSA) is 114 Å². The number of carbonyl (C=O) groups excluding carboxylic acids is 2. The van der Waals surface area contributed by atoms with Gasteiger partial charge in [-0.3, -0.25) is 9.78 Å². The number of hydrogen-bond acceptors (Lipinski definition) is 6. The van der Waals surface area contributed by atoms with Crippen molar-refractivity contribution in [2.75, 3.05) is 10.6 Å². The van der Waals surface area contributed by atoms with Gasteiger partial charge in [-0.2, -0.15) is 13.2 Å². The largest absolute Gasteiger partial charge is 0.501 e. The lowest BCUT2D eigenvalue weighted by molar-refractivity contribution is -0.119. The lowest BCUT2D eigenvalue weighted by Crippen LogP contribution is -2.33. The molecular weight excluding hydrogens is 461 g/mol.